The van der Waals surface area contributed by atoms with Crippen LogP contribution in [0.3, 0.4) is 0 Å². The molecule has 8 aromatic heterocycles. The molecule has 14 nitrogen and oxygen atoms in total. The Morgan fingerprint density at radius 2 is 0.916 bits per heavy atom. The molecule has 1 aliphatic carbocycles. The minimum absolute atomic E-state index is 0.0576. The lowest BCUT2D eigenvalue weighted by molar-refractivity contribution is -0.121. The van der Waals surface area contributed by atoms with Crippen LogP contribution in [0.5, 0.6) is 0 Å². The second kappa shape index (κ2) is 76.3. The number of carbonyl (C=O) groups excluding carboxylic acids is 1. The average Bonchev–Trinajstić information content (AvgIpc) is 1.82. The van der Waals surface area contributed by atoms with Crippen LogP contribution in [0.2, 0.25) is 0 Å². The van der Waals surface area contributed by atoms with Gasteiger partial charge in [0.05, 0.1) is 11.9 Å². The van der Waals surface area contributed by atoms with Gasteiger partial charge >= 0.3 is 0 Å². The molecule has 0 atom stereocenters. The first-order valence-corrected chi connectivity index (χ1v) is 41.3. The number of aromatic amines is 3. The van der Waals surface area contributed by atoms with Crippen LogP contribution in [0.4, 0.5) is 0 Å². The zero-order chi connectivity index (χ0) is 83.7. The maximum atomic E-state index is 11.3. The van der Waals surface area contributed by atoms with Crippen molar-refractivity contribution in [2.75, 3.05) is 6.54 Å². The van der Waals surface area contributed by atoms with Crippen molar-refractivity contribution in [3.8, 4) is 0 Å². The van der Waals surface area contributed by atoms with Crippen molar-refractivity contribution in [1.82, 2.24) is 65.6 Å². The van der Waals surface area contributed by atoms with Crippen molar-refractivity contribution < 1.29 is 4.79 Å². The van der Waals surface area contributed by atoms with Crippen LogP contribution < -0.4 is 5.32 Å². The first kappa shape index (κ1) is 112. The smallest absolute Gasteiger partial charge is 0.241 e. The number of hydrogen-bond donors (Lipinski definition) is 4. The Morgan fingerprint density at radius 3 is 1.25 bits per heavy atom. The molecule has 0 saturated carbocycles. The number of aromatic nitrogens is 12. The quantitative estimate of drug-likeness (QED) is 0.115. The van der Waals surface area contributed by atoms with E-state index in [1.807, 2.05) is 201 Å². The minimum atomic E-state index is 0.0576. The number of H-pyrrole nitrogens is 3. The van der Waals surface area contributed by atoms with Crippen LogP contribution in [-0.2, 0) is 36.0 Å². The first-order chi connectivity index (χ1) is 51.3. The molecule has 9 aromatic rings. The number of pyridine rings is 4. The van der Waals surface area contributed by atoms with Gasteiger partial charge in [0.15, 0.2) is 0 Å². The molecular weight excluding hydrogens is 1320 g/mol. The highest BCUT2D eigenvalue weighted by atomic mass is 16.2. The Bertz CT molecular complexity index is 2950. The van der Waals surface area contributed by atoms with E-state index in [-0.39, 0.29) is 5.91 Å². The number of nitrogens with zero attached hydrogens (tertiary/aromatic N) is 9. The van der Waals surface area contributed by atoms with Crippen LogP contribution >= 0.6 is 0 Å². The van der Waals surface area contributed by atoms with E-state index in [2.05, 4.69) is 256 Å². The van der Waals surface area contributed by atoms with Crippen LogP contribution in [-0.4, -0.2) is 72.8 Å². The summed E-state index contributed by atoms with van der Waals surface area (Å²) in [5.41, 5.74) is 15.5. The van der Waals surface area contributed by atoms with Gasteiger partial charge < -0.3 is 5.32 Å². The standard InChI is InChI=1S/C12H17N.C10H15N3O.C10H14.3C8H11N.3C6H10N2.C3H8.8C2H6/c1-9(2)11-8-7-10-5-3-4-6-12(10)13-11;1-7(2)9-5-8-3-4-11-10(14)6-13(8)12-9;1-10(2,3)9-7-5-4-6-8-9;1-7(2)8-3-5-9-6-4-8;1-7(2)8-4-3-5-9-6-8;1-7(2)8-5-3-4-6-9-8;1-5(2)6-3-7-8-4-6;2*1-5(2)6-3-4-7-8-6;1-3-2;8*1-2/h7-9H,3-6H2,1-2H3;5,7H,3-4,6H2,1-2H3,(H,11,14);4-8H,1-3H3;3*3-7H,1-2H3;3*3-5H,1-2H3,(H,7,8);3H2,1-2H3;8*1-2H3. The molecule has 4 N–H and O–H groups in total. The van der Waals surface area contributed by atoms with Gasteiger partial charge in [0, 0.05) is 96.7 Å². The van der Waals surface area contributed by atoms with Crippen LogP contribution in [0.15, 0.2) is 159 Å². The van der Waals surface area contributed by atoms with Gasteiger partial charge in [-0.05, 0) is 161 Å². The number of aryl methyl sites for hydroxylation is 2. The Morgan fingerprint density at radius 1 is 0.430 bits per heavy atom. The Balaban J connectivity index is -0.000000205. The van der Waals surface area contributed by atoms with E-state index in [1.165, 1.54) is 82.7 Å². The van der Waals surface area contributed by atoms with Crippen molar-refractivity contribution in [2.24, 2.45) is 0 Å². The van der Waals surface area contributed by atoms with Crippen molar-refractivity contribution >= 4 is 5.91 Å². The summed E-state index contributed by atoms with van der Waals surface area (Å²) in [6.45, 7) is 78.4. The van der Waals surface area contributed by atoms with Crippen LogP contribution in [0.25, 0.3) is 0 Å². The molecule has 0 saturated heterocycles. The molecule has 11 rings (SSSR count). The third-order valence-electron chi connectivity index (χ3n) is 14.4. The Labute approximate surface area is 659 Å². The fourth-order valence-electron chi connectivity index (χ4n) is 8.41. The van der Waals surface area contributed by atoms with Crippen LogP contribution in [0, 0.1) is 0 Å². The SMILES string of the molecule is CC.CC.CC.CC.CC.CC.CC.CC.CC(C)(C)c1ccccc1.CC(C)c1cc2n(n1)CC(=O)NCC2.CC(C)c1ccc2c(n1)CCCC2.CC(C)c1ccccn1.CC(C)c1cccnc1.CC(C)c1ccn[nH]1.CC(C)c1ccn[nH]1.CC(C)c1ccncc1.CC(C)c1cn[nH]c1.CCC. The van der Waals surface area contributed by atoms with Crippen molar-refractivity contribution in [2.45, 2.75) is 354 Å². The number of nitrogens with one attached hydrogen (secondary N) is 4. The molecule has 107 heavy (non-hydrogen) atoms. The fraction of sp³-hybridized carbons (Fsp3) is 0.581. The summed E-state index contributed by atoms with van der Waals surface area (Å²) in [4.78, 5) is 28.1. The molecule has 14 heteroatoms. The molecule has 1 aromatic carbocycles. The third-order valence-corrected chi connectivity index (χ3v) is 14.4. The van der Waals surface area contributed by atoms with E-state index in [4.69, 9.17) is 4.98 Å². The monoisotopic (exact) mass is 1480 g/mol. The van der Waals surface area contributed by atoms with Crippen molar-refractivity contribution in [3.63, 3.8) is 0 Å². The minimum Gasteiger partial charge on any atom is -0.354 e. The summed E-state index contributed by atoms with van der Waals surface area (Å²) in [7, 11) is 0. The van der Waals surface area contributed by atoms with Gasteiger partial charge in [-0.3, -0.25) is 44.7 Å². The predicted octanol–water partition coefficient (Wildman–Crippen LogP) is 27.6. The third kappa shape index (κ3) is 57.9. The highest BCUT2D eigenvalue weighted by Crippen LogP contribution is 2.23. The van der Waals surface area contributed by atoms with Gasteiger partial charge in [0.1, 0.15) is 6.54 Å². The van der Waals surface area contributed by atoms with Gasteiger partial charge in [-0.15, -0.1) is 0 Å². The molecule has 0 radical (unpaired) electrons. The van der Waals surface area contributed by atoms with Gasteiger partial charge in [-0.2, -0.15) is 20.4 Å². The lowest BCUT2D eigenvalue weighted by atomic mass is 9.87. The number of hydrogen-bond acceptors (Lipinski definition) is 9. The van der Waals surface area contributed by atoms with E-state index in [1.54, 1.807) is 18.6 Å². The zero-order valence-electron chi connectivity index (χ0n) is 75.7. The largest absolute Gasteiger partial charge is 0.354 e. The van der Waals surface area contributed by atoms with Gasteiger partial charge in [0.25, 0.3) is 0 Å². The summed E-state index contributed by atoms with van der Waals surface area (Å²) in [5.74, 6) is 4.54. The maximum Gasteiger partial charge on any atom is 0.241 e. The topological polar surface area (TPSA) is 185 Å². The second-order valence-corrected chi connectivity index (χ2v) is 26.3. The number of amides is 1. The van der Waals surface area contributed by atoms with E-state index < -0.39 is 0 Å². The Hall–Kier alpha value is -7.87. The summed E-state index contributed by atoms with van der Waals surface area (Å²) < 4.78 is 1.82. The molecular formula is C93H165N13O. The van der Waals surface area contributed by atoms with Crippen LogP contribution in [0.1, 0.15) is 390 Å². The van der Waals surface area contributed by atoms with E-state index >= 15 is 0 Å². The number of fused-ring (bicyclic) bond motifs is 2. The normalized spacial score (nSPS) is 10.6. The number of benzene rings is 1. The molecule has 0 spiro atoms. The number of rotatable bonds is 8. The maximum absolute atomic E-state index is 11.3. The molecule has 2 aliphatic rings. The lowest BCUT2D eigenvalue weighted by Gasteiger charge is -2.18. The molecule has 608 valence electrons. The second-order valence-electron chi connectivity index (χ2n) is 26.3. The molecule has 0 bridgehead atoms. The summed E-state index contributed by atoms with van der Waals surface area (Å²) in [6, 6.07) is 35.3. The van der Waals surface area contributed by atoms with Crippen molar-refractivity contribution in [1.29, 1.82) is 0 Å². The summed E-state index contributed by atoms with van der Waals surface area (Å²) in [6.07, 6.45) is 23.7. The Kier molecular flexibility index (Phi) is 80.2. The molecule has 0 fully saturated rings. The first-order valence-electron chi connectivity index (χ1n) is 41.3. The van der Waals surface area contributed by atoms with Gasteiger partial charge in [-0.1, -0.05) is 311 Å². The van der Waals surface area contributed by atoms with E-state index in [0.29, 0.717) is 59.3 Å². The number of carbonyl (C=O) groups is 1. The molecule has 9 heterocycles. The lowest BCUT2D eigenvalue weighted by Crippen LogP contribution is -2.26. The van der Waals surface area contributed by atoms with E-state index in [9.17, 15) is 4.79 Å². The summed E-state index contributed by atoms with van der Waals surface area (Å²) in [5, 5.41) is 27.2. The average molecular weight is 1480 g/mol. The highest BCUT2D eigenvalue weighted by Gasteiger charge is 2.17. The summed E-state index contributed by atoms with van der Waals surface area (Å²) >= 11 is 0. The van der Waals surface area contributed by atoms with Crippen molar-refractivity contribution in [3.05, 3.63) is 227 Å². The van der Waals surface area contributed by atoms with Gasteiger partial charge in [0.2, 0.25) is 5.91 Å². The molecule has 0 unspecified atom stereocenters. The van der Waals surface area contributed by atoms with E-state index in [0.717, 1.165) is 30.0 Å². The molecule has 1 aliphatic heterocycles. The zero-order valence-corrected chi connectivity index (χ0v) is 75.7. The fourth-order valence-corrected chi connectivity index (χ4v) is 8.41. The highest BCUT2D eigenvalue weighted by molar-refractivity contribution is 5.76. The predicted molar refractivity (Wildman–Crippen MR) is 473 cm³/mol. The van der Waals surface area contributed by atoms with Gasteiger partial charge in [-0.25, -0.2) is 0 Å². The molecule has 1 amide bonds.